The molecule has 2 aliphatic rings. The van der Waals surface area contributed by atoms with E-state index in [1.165, 1.54) is 31.9 Å². The van der Waals surface area contributed by atoms with Crippen LogP contribution in [0, 0.1) is 17.8 Å². The van der Waals surface area contributed by atoms with Crippen molar-refractivity contribution in [3.05, 3.63) is 12.4 Å². The molecule has 118 valence electrons. The summed E-state index contributed by atoms with van der Waals surface area (Å²) in [6.45, 7) is 1.80. The highest BCUT2D eigenvalue weighted by Gasteiger charge is 2.41. The normalized spacial score (nSPS) is 19.3. The summed E-state index contributed by atoms with van der Waals surface area (Å²) < 4.78 is 29.1. The average molecular weight is 312 g/mol. The molecule has 0 aromatic carbocycles. The number of nitrogens with two attached hydrogens (primary N) is 1. The molecule has 2 saturated carbocycles. The van der Waals surface area contributed by atoms with Crippen LogP contribution in [0.1, 0.15) is 32.1 Å². The first-order valence-corrected chi connectivity index (χ1v) is 9.30. The van der Waals surface area contributed by atoms with E-state index in [0.29, 0.717) is 25.6 Å². The third-order valence-corrected chi connectivity index (χ3v) is 5.85. The van der Waals surface area contributed by atoms with Crippen LogP contribution in [0.2, 0.25) is 0 Å². The van der Waals surface area contributed by atoms with E-state index >= 15 is 0 Å². The minimum absolute atomic E-state index is 0.255. The van der Waals surface area contributed by atoms with Crippen LogP contribution in [0.3, 0.4) is 0 Å². The standard InChI is InChI=1S/C14H24N4O2S/c15-6-1-7-18-10-13(8-16-18)21(19,20)17-9-14(11-2-3-11)12-4-5-12/h8,10-12,14,17H,1-7,9,15H2. The van der Waals surface area contributed by atoms with E-state index in [0.717, 1.165) is 18.3 Å². The van der Waals surface area contributed by atoms with Gasteiger partial charge < -0.3 is 5.73 Å². The van der Waals surface area contributed by atoms with Gasteiger partial charge in [-0.15, -0.1) is 0 Å². The predicted molar refractivity (Wildman–Crippen MR) is 80.0 cm³/mol. The van der Waals surface area contributed by atoms with E-state index < -0.39 is 10.0 Å². The van der Waals surface area contributed by atoms with Gasteiger partial charge in [-0.2, -0.15) is 5.10 Å². The van der Waals surface area contributed by atoms with Gasteiger partial charge in [0.2, 0.25) is 10.0 Å². The number of nitrogens with one attached hydrogen (secondary N) is 1. The van der Waals surface area contributed by atoms with Crippen LogP contribution < -0.4 is 10.5 Å². The van der Waals surface area contributed by atoms with Crippen LogP contribution in [0.4, 0.5) is 0 Å². The molecule has 1 aromatic rings. The maximum Gasteiger partial charge on any atom is 0.243 e. The molecule has 3 rings (SSSR count). The first-order chi connectivity index (χ1) is 10.1. The molecule has 1 heterocycles. The fourth-order valence-corrected chi connectivity index (χ4v) is 3.94. The Morgan fingerprint density at radius 1 is 1.33 bits per heavy atom. The molecule has 6 nitrogen and oxygen atoms in total. The fraction of sp³-hybridized carbons (Fsp3) is 0.786. The number of nitrogens with zero attached hydrogens (tertiary/aromatic N) is 2. The van der Waals surface area contributed by atoms with Gasteiger partial charge in [0.05, 0.1) is 6.20 Å². The second-order valence-corrected chi connectivity index (χ2v) is 8.04. The lowest BCUT2D eigenvalue weighted by Crippen LogP contribution is -2.31. The van der Waals surface area contributed by atoms with Gasteiger partial charge in [0, 0.05) is 19.3 Å². The summed E-state index contributed by atoms with van der Waals surface area (Å²) in [6, 6.07) is 0. The molecule has 21 heavy (non-hydrogen) atoms. The number of aryl methyl sites for hydroxylation is 1. The van der Waals surface area contributed by atoms with Gasteiger partial charge in [0.15, 0.2) is 0 Å². The minimum atomic E-state index is -3.44. The maximum absolute atomic E-state index is 12.3. The van der Waals surface area contributed by atoms with Crippen molar-refractivity contribution in [1.82, 2.24) is 14.5 Å². The van der Waals surface area contributed by atoms with Crippen molar-refractivity contribution < 1.29 is 8.42 Å². The maximum atomic E-state index is 12.3. The van der Waals surface area contributed by atoms with Gasteiger partial charge in [0.1, 0.15) is 4.90 Å². The molecule has 3 N–H and O–H groups in total. The zero-order chi connectivity index (χ0) is 14.9. The number of aromatic nitrogens is 2. The van der Waals surface area contributed by atoms with Crippen molar-refractivity contribution in [1.29, 1.82) is 0 Å². The molecule has 2 fully saturated rings. The molecule has 2 aliphatic carbocycles. The van der Waals surface area contributed by atoms with Gasteiger partial charge in [0.25, 0.3) is 0 Å². The molecule has 0 radical (unpaired) electrons. The van der Waals surface area contributed by atoms with E-state index in [1.54, 1.807) is 10.9 Å². The van der Waals surface area contributed by atoms with E-state index in [4.69, 9.17) is 5.73 Å². The van der Waals surface area contributed by atoms with E-state index in [1.807, 2.05) is 0 Å². The lowest BCUT2D eigenvalue weighted by atomic mass is 9.99. The Hall–Kier alpha value is -0.920. The topological polar surface area (TPSA) is 90.0 Å². The Bertz CT molecular complexity index is 564. The molecule has 0 saturated heterocycles. The molecule has 0 spiro atoms. The van der Waals surface area contributed by atoms with Crippen molar-refractivity contribution in [2.24, 2.45) is 23.5 Å². The number of rotatable bonds is 9. The summed E-state index contributed by atoms with van der Waals surface area (Å²) >= 11 is 0. The van der Waals surface area contributed by atoms with E-state index in [2.05, 4.69) is 9.82 Å². The molecule has 0 aliphatic heterocycles. The van der Waals surface area contributed by atoms with Crippen LogP contribution in [-0.2, 0) is 16.6 Å². The molecule has 0 unspecified atom stereocenters. The first-order valence-electron chi connectivity index (χ1n) is 7.82. The van der Waals surface area contributed by atoms with Gasteiger partial charge in [-0.1, -0.05) is 0 Å². The third kappa shape index (κ3) is 3.84. The van der Waals surface area contributed by atoms with Crippen LogP contribution in [0.15, 0.2) is 17.3 Å². The van der Waals surface area contributed by atoms with Gasteiger partial charge >= 0.3 is 0 Å². The molecule has 0 amide bonds. The molecule has 1 aromatic heterocycles. The Morgan fingerprint density at radius 2 is 2.00 bits per heavy atom. The van der Waals surface area contributed by atoms with Crippen molar-refractivity contribution in [3.63, 3.8) is 0 Å². The highest BCUT2D eigenvalue weighted by atomic mass is 32.2. The number of hydrogen-bond acceptors (Lipinski definition) is 4. The van der Waals surface area contributed by atoms with Crippen molar-refractivity contribution in [2.75, 3.05) is 13.1 Å². The Balaban J connectivity index is 1.58. The SMILES string of the molecule is NCCCn1cc(S(=O)(=O)NCC(C2CC2)C2CC2)cn1. The summed E-state index contributed by atoms with van der Waals surface area (Å²) in [7, 11) is -3.44. The molecular weight excluding hydrogens is 288 g/mol. The quantitative estimate of drug-likeness (QED) is 0.710. The van der Waals surface area contributed by atoms with Crippen molar-refractivity contribution in [2.45, 2.75) is 43.5 Å². The fourth-order valence-electron chi connectivity index (χ4n) is 2.92. The smallest absolute Gasteiger partial charge is 0.243 e. The van der Waals surface area contributed by atoms with Crippen LogP contribution >= 0.6 is 0 Å². The van der Waals surface area contributed by atoms with Gasteiger partial charge in [-0.05, 0) is 56.4 Å². The number of hydrogen-bond donors (Lipinski definition) is 2. The molecular formula is C14H24N4O2S. The summed E-state index contributed by atoms with van der Waals surface area (Å²) in [5.41, 5.74) is 5.45. The predicted octanol–water partition coefficient (Wildman–Crippen LogP) is 0.946. The Kier molecular flexibility index (Phi) is 4.33. The van der Waals surface area contributed by atoms with E-state index in [9.17, 15) is 8.42 Å². The first kappa shape index (κ1) is 15.0. The van der Waals surface area contributed by atoms with Gasteiger partial charge in [-0.3, -0.25) is 4.68 Å². The minimum Gasteiger partial charge on any atom is -0.330 e. The van der Waals surface area contributed by atoms with E-state index in [-0.39, 0.29) is 4.90 Å². The zero-order valence-corrected chi connectivity index (χ0v) is 13.1. The second kappa shape index (κ2) is 6.06. The zero-order valence-electron chi connectivity index (χ0n) is 12.2. The second-order valence-electron chi connectivity index (χ2n) is 6.27. The lowest BCUT2D eigenvalue weighted by Gasteiger charge is -2.15. The lowest BCUT2D eigenvalue weighted by molar-refractivity contribution is 0.401. The van der Waals surface area contributed by atoms with Crippen molar-refractivity contribution in [3.8, 4) is 0 Å². The van der Waals surface area contributed by atoms with Crippen molar-refractivity contribution >= 4 is 10.0 Å². The highest BCUT2D eigenvalue weighted by molar-refractivity contribution is 7.89. The summed E-state index contributed by atoms with van der Waals surface area (Å²) in [5, 5.41) is 4.08. The monoisotopic (exact) mass is 312 g/mol. The summed E-state index contributed by atoms with van der Waals surface area (Å²) in [4.78, 5) is 0.255. The van der Waals surface area contributed by atoms with Crippen LogP contribution in [0.5, 0.6) is 0 Å². The molecule has 7 heteroatoms. The van der Waals surface area contributed by atoms with Crippen LogP contribution in [-0.4, -0.2) is 31.3 Å². The third-order valence-electron chi connectivity index (χ3n) is 4.48. The highest BCUT2D eigenvalue weighted by Crippen LogP contribution is 2.48. The Labute approximate surface area is 126 Å². The van der Waals surface area contributed by atoms with Crippen LogP contribution in [0.25, 0.3) is 0 Å². The average Bonchev–Trinajstić information content (AvgIpc) is 3.38. The summed E-state index contributed by atoms with van der Waals surface area (Å²) in [5.74, 6) is 2.02. The molecule has 0 atom stereocenters. The Morgan fingerprint density at radius 3 is 2.57 bits per heavy atom. The number of sulfonamides is 1. The summed E-state index contributed by atoms with van der Waals surface area (Å²) in [6.07, 6.45) is 8.85. The largest absolute Gasteiger partial charge is 0.330 e. The van der Waals surface area contributed by atoms with Gasteiger partial charge in [-0.25, -0.2) is 13.1 Å². The molecule has 0 bridgehead atoms.